The molecule has 6 nitrogen and oxygen atoms in total. The van der Waals surface area contributed by atoms with Crippen LogP contribution in [0.5, 0.6) is 5.75 Å². The minimum Gasteiger partial charge on any atom is -0.496 e. The molecule has 0 spiro atoms. The second kappa shape index (κ2) is 8.14. The molecule has 2 aromatic carbocycles. The van der Waals surface area contributed by atoms with Crippen LogP contribution in [0.4, 0.5) is 5.69 Å². The molecule has 1 saturated heterocycles. The highest BCUT2D eigenvalue weighted by atomic mass is 16.5. The van der Waals surface area contributed by atoms with Gasteiger partial charge in [-0.15, -0.1) is 0 Å². The van der Waals surface area contributed by atoms with Crippen molar-refractivity contribution in [1.82, 2.24) is 9.88 Å². The lowest BCUT2D eigenvalue weighted by Crippen LogP contribution is -2.55. The molecular formula is C23H21N3O3. The minimum atomic E-state index is -0.732. The molecular weight excluding hydrogens is 366 g/mol. The average Bonchev–Trinajstić information content (AvgIpc) is 2.77. The quantitative estimate of drug-likeness (QED) is 0.674. The van der Waals surface area contributed by atoms with E-state index in [0.29, 0.717) is 11.4 Å². The van der Waals surface area contributed by atoms with Gasteiger partial charge in [-0.25, -0.2) is 0 Å². The summed E-state index contributed by atoms with van der Waals surface area (Å²) in [5.74, 6) is 0.421. The highest BCUT2D eigenvalue weighted by Gasteiger charge is 2.41. The van der Waals surface area contributed by atoms with Gasteiger partial charge in [-0.05, 0) is 35.9 Å². The molecule has 1 aromatic heterocycles. The third kappa shape index (κ3) is 3.69. The summed E-state index contributed by atoms with van der Waals surface area (Å²) in [6.07, 6.45) is 3.27. The monoisotopic (exact) mass is 387 g/mol. The van der Waals surface area contributed by atoms with Crippen LogP contribution in [0.2, 0.25) is 0 Å². The molecule has 6 heteroatoms. The summed E-state index contributed by atoms with van der Waals surface area (Å²) in [6, 6.07) is 19.6. The zero-order valence-electron chi connectivity index (χ0n) is 16.1. The van der Waals surface area contributed by atoms with Crippen LogP contribution in [0.25, 0.3) is 0 Å². The van der Waals surface area contributed by atoms with Crippen LogP contribution in [0, 0.1) is 0 Å². The van der Waals surface area contributed by atoms with Gasteiger partial charge in [-0.2, -0.15) is 0 Å². The zero-order chi connectivity index (χ0) is 20.2. The number of carbonyl (C=O) groups is 2. The number of benzene rings is 2. The van der Waals surface area contributed by atoms with Crippen molar-refractivity contribution in [2.45, 2.75) is 12.6 Å². The van der Waals surface area contributed by atoms with Gasteiger partial charge in [0.25, 0.3) is 5.91 Å². The van der Waals surface area contributed by atoms with Gasteiger partial charge in [-0.3, -0.25) is 14.6 Å². The Morgan fingerprint density at radius 3 is 2.38 bits per heavy atom. The van der Waals surface area contributed by atoms with Crippen LogP contribution in [-0.2, 0) is 16.1 Å². The van der Waals surface area contributed by atoms with Gasteiger partial charge >= 0.3 is 0 Å². The zero-order valence-corrected chi connectivity index (χ0v) is 16.1. The van der Waals surface area contributed by atoms with Crippen LogP contribution in [0.3, 0.4) is 0 Å². The number of anilines is 1. The average molecular weight is 387 g/mol. The van der Waals surface area contributed by atoms with Crippen LogP contribution in [0.1, 0.15) is 17.2 Å². The summed E-state index contributed by atoms with van der Waals surface area (Å²) in [5, 5.41) is 0. The smallest absolute Gasteiger partial charge is 0.254 e. The molecule has 0 radical (unpaired) electrons. The Morgan fingerprint density at radius 2 is 1.66 bits per heavy atom. The van der Waals surface area contributed by atoms with Gasteiger partial charge in [0.1, 0.15) is 18.3 Å². The van der Waals surface area contributed by atoms with Gasteiger partial charge in [0.2, 0.25) is 5.91 Å². The number of pyridine rings is 1. The number of aromatic nitrogens is 1. The predicted molar refractivity (Wildman–Crippen MR) is 109 cm³/mol. The molecule has 4 rings (SSSR count). The second-order valence-corrected chi connectivity index (χ2v) is 6.78. The summed E-state index contributed by atoms with van der Waals surface area (Å²) in [6.45, 7) is 0.282. The van der Waals surface area contributed by atoms with Crippen molar-refractivity contribution in [2.75, 3.05) is 18.6 Å². The number of methoxy groups -OCH3 is 1. The van der Waals surface area contributed by atoms with Crippen LogP contribution < -0.4 is 9.64 Å². The number of carbonyl (C=O) groups excluding carboxylic acids is 2. The summed E-state index contributed by atoms with van der Waals surface area (Å²) in [7, 11) is 1.60. The number of hydrogen-bond donors (Lipinski definition) is 0. The molecule has 0 saturated carbocycles. The predicted octanol–water partition coefficient (Wildman–Crippen LogP) is 3.21. The first-order valence-corrected chi connectivity index (χ1v) is 9.37. The van der Waals surface area contributed by atoms with Crippen molar-refractivity contribution in [2.24, 2.45) is 0 Å². The van der Waals surface area contributed by atoms with Crippen molar-refractivity contribution >= 4 is 17.5 Å². The van der Waals surface area contributed by atoms with E-state index in [1.165, 1.54) is 0 Å². The first-order valence-electron chi connectivity index (χ1n) is 9.37. The molecule has 2 heterocycles. The normalized spacial score (nSPS) is 16.8. The molecule has 2 amide bonds. The molecule has 1 atom stereocenters. The largest absolute Gasteiger partial charge is 0.496 e. The molecule has 29 heavy (non-hydrogen) atoms. The fourth-order valence-electron chi connectivity index (χ4n) is 3.62. The van der Waals surface area contributed by atoms with Gasteiger partial charge < -0.3 is 14.5 Å². The minimum absolute atomic E-state index is 0.000417. The number of nitrogens with zero attached hydrogens (tertiary/aromatic N) is 3. The molecule has 146 valence electrons. The van der Waals surface area contributed by atoms with E-state index in [1.807, 2.05) is 54.6 Å². The van der Waals surface area contributed by atoms with E-state index in [0.717, 1.165) is 11.1 Å². The van der Waals surface area contributed by atoms with Gasteiger partial charge in [0.05, 0.1) is 13.7 Å². The third-order valence-electron chi connectivity index (χ3n) is 5.05. The number of ether oxygens (including phenoxy) is 1. The molecule has 1 aliphatic heterocycles. The molecule has 0 aliphatic carbocycles. The summed E-state index contributed by atoms with van der Waals surface area (Å²) in [5.41, 5.74) is 2.29. The van der Waals surface area contributed by atoms with E-state index < -0.39 is 6.04 Å². The lowest BCUT2D eigenvalue weighted by atomic mass is 10.00. The number of amides is 2. The summed E-state index contributed by atoms with van der Waals surface area (Å²) in [4.78, 5) is 33.9. The third-order valence-corrected chi connectivity index (χ3v) is 5.05. The number of para-hydroxylation sites is 2. The Kier molecular flexibility index (Phi) is 5.24. The molecule has 1 aliphatic rings. The van der Waals surface area contributed by atoms with Crippen molar-refractivity contribution in [1.29, 1.82) is 0 Å². The molecule has 0 N–H and O–H groups in total. The van der Waals surface area contributed by atoms with Crippen molar-refractivity contribution in [3.05, 3.63) is 90.3 Å². The van der Waals surface area contributed by atoms with Gasteiger partial charge in [0, 0.05) is 23.6 Å². The summed E-state index contributed by atoms with van der Waals surface area (Å²) < 4.78 is 5.44. The molecule has 1 fully saturated rings. The van der Waals surface area contributed by atoms with E-state index in [4.69, 9.17) is 4.74 Å². The van der Waals surface area contributed by atoms with E-state index in [-0.39, 0.29) is 24.9 Å². The molecule has 3 aromatic rings. The highest BCUT2D eigenvalue weighted by molar-refractivity contribution is 6.06. The van der Waals surface area contributed by atoms with Gasteiger partial charge in [-0.1, -0.05) is 36.4 Å². The number of rotatable bonds is 5. The molecule has 1 unspecified atom stereocenters. The van der Waals surface area contributed by atoms with Crippen LogP contribution >= 0.6 is 0 Å². The van der Waals surface area contributed by atoms with Crippen LogP contribution in [-0.4, -0.2) is 35.4 Å². The second-order valence-electron chi connectivity index (χ2n) is 6.78. The lowest BCUT2D eigenvalue weighted by molar-refractivity contribution is -0.144. The van der Waals surface area contributed by atoms with Crippen molar-refractivity contribution in [3.63, 3.8) is 0 Å². The molecule has 0 bridgehead atoms. The lowest BCUT2D eigenvalue weighted by Gasteiger charge is -2.40. The Labute approximate surface area is 169 Å². The maximum absolute atomic E-state index is 13.5. The Morgan fingerprint density at radius 1 is 0.966 bits per heavy atom. The van der Waals surface area contributed by atoms with Crippen LogP contribution in [0.15, 0.2) is 79.1 Å². The van der Waals surface area contributed by atoms with E-state index in [1.54, 1.807) is 41.4 Å². The maximum Gasteiger partial charge on any atom is 0.254 e. The fourth-order valence-corrected chi connectivity index (χ4v) is 3.62. The van der Waals surface area contributed by atoms with Crippen molar-refractivity contribution in [3.8, 4) is 5.75 Å². The first kappa shape index (κ1) is 18.7. The SMILES string of the molecule is COc1ccccc1CN1C(=O)CN(c2ccccc2)C(=O)C1c1ccncc1. The van der Waals surface area contributed by atoms with Gasteiger partial charge in [0.15, 0.2) is 0 Å². The van der Waals surface area contributed by atoms with E-state index in [9.17, 15) is 9.59 Å². The standard InChI is InChI=1S/C23H21N3O3/c1-29-20-10-6-5-7-18(20)15-26-21(27)16-25(19-8-3-2-4-9-19)23(28)22(26)17-11-13-24-14-12-17/h2-14,22H,15-16H2,1H3. The number of piperazine rings is 1. The highest BCUT2D eigenvalue weighted by Crippen LogP contribution is 2.33. The maximum atomic E-state index is 13.5. The Bertz CT molecular complexity index is 1010. The summed E-state index contributed by atoms with van der Waals surface area (Å²) >= 11 is 0. The fraction of sp³-hybridized carbons (Fsp3) is 0.174. The van der Waals surface area contributed by atoms with Crippen molar-refractivity contribution < 1.29 is 14.3 Å². The Balaban J connectivity index is 1.74. The topological polar surface area (TPSA) is 62.7 Å². The Hall–Kier alpha value is -3.67. The number of hydrogen-bond acceptors (Lipinski definition) is 4. The first-order chi connectivity index (χ1) is 14.2. The van der Waals surface area contributed by atoms with E-state index in [2.05, 4.69) is 4.98 Å². The van der Waals surface area contributed by atoms with E-state index >= 15 is 0 Å².